The average Bonchev–Trinajstić information content (AvgIpc) is 1.51. The zero-order chi connectivity index (χ0) is 75.6. The first kappa shape index (κ1) is 62.9. The maximum Gasteiger partial charge on any atom is 0.160 e. The van der Waals surface area contributed by atoms with E-state index in [-0.39, 0.29) is 16.2 Å². The third-order valence-corrected chi connectivity index (χ3v) is 30.4. The summed E-state index contributed by atoms with van der Waals surface area (Å²) in [4.78, 5) is 21.0. The first-order chi connectivity index (χ1) is 56.7. The Morgan fingerprint density at radius 1 is 0.257 bits per heavy atom. The number of aromatic nitrogens is 4. The van der Waals surface area contributed by atoms with Crippen molar-refractivity contribution in [2.45, 2.75) is 106 Å². The summed E-state index contributed by atoms with van der Waals surface area (Å²) in [7, 11) is 0. The molecule has 2 heterocycles. The minimum atomic E-state index is -0.109. The molecule has 542 valence electrons. The van der Waals surface area contributed by atoms with Crippen LogP contribution in [0.5, 0.6) is 0 Å². The highest BCUT2D eigenvalue weighted by Crippen LogP contribution is 2.72. The minimum Gasteiger partial charge on any atom is -0.236 e. The number of hydrogen-bond donors (Lipinski definition) is 0. The summed E-state index contributed by atoms with van der Waals surface area (Å²) in [5, 5.41) is 9.70. The van der Waals surface area contributed by atoms with Crippen molar-refractivity contribution in [3.8, 4) is 112 Å². The third kappa shape index (κ3) is 9.21. The van der Waals surface area contributed by atoms with Gasteiger partial charge in [0.25, 0.3) is 0 Å². The van der Waals surface area contributed by atoms with Crippen molar-refractivity contribution in [1.82, 2.24) is 19.9 Å². The second kappa shape index (κ2) is 24.6. The van der Waals surface area contributed by atoms with Gasteiger partial charge in [0.15, 0.2) is 11.6 Å². The summed E-state index contributed by atoms with van der Waals surface area (Å²) in [5.41, 5.74) is 30.6. The number of fused-ring (bicyclic) bond motifs is 15. The molecule has 113 heavy (non-hydrogen) atoms. The van der Waals surface area contributed by atoms with Gasteiger partial charge in [0.2, 0.25) is 0 Å². The van der Waals surface area contributed by atoms with Crippen LogP contribution in [-0.2, 0) is 16.2 Å². The van der Waals surface area contributed by atoms with Crippen molar-refractivity contribution >= 4 is 43.1 Å². The molecule has 0 atom stereocenters. The number of hydrogen-bond acceptors (Lipinski definition) is 4. The molecule has 4 heteroatoms. The van der Waals surface area contributed by atoms with Crippen LogP contribution >= 0.6 is 0 Å². The minimum absolute atomic E-state index is 0.103. The molecule has 14 aromatic carbocycles. The van der Waals surface area contributed by atoms with Crippen molar-refractivity contribution in [1.29, 1.82) is 0 Å². The molecule has 0 unspecified atom stereocenters. The quantitative estimate of drug-likeness (QED) is 0.149. The average molecular weight is 1450 g/mol. The summed E-state index contributed by atoms with van der Waals surface area (Å²) in [6.07, 6.45) is 22.5. The van der Waals surface area contributed by atoms with Crippen LogP contribution in [0, 0.1) is 47.3 Å². The van der Waals surface area contributed by atoms with E-state index in [9.17, 15) is 1.37 Å². The Balaban J connectivity index is 0.000000130. The zero-order valence-electron chi connectivity index (χ0n) is 65.5. The Labute approximate surface area is 664 Å². The highest BCUT2D eigenvalue weighted by Gasteiger charge is 2.63. The van der Waals surface area contributed by atoms with Crippen LogP contribution in [0.25, 0.3) is 155 Å². The van der Waals surface area contributed by atoms with Gasteiger partial charge in [0.1, 0.15) is 0 Å². The van der Waals surface area contributed by atoms with Crippen molar-refractivity contribution < 1.29 is 2.74 Å². The molecule has 0 amide bonds. The predicted octanol–water partition coefficient (Wildman–Crippen LogP) is 27.5. The lowest BCUT2D eigenvalue weighted by atomic mass is 9.43. The summed E-state index contributed by atoms with van der Waals surface area (Å²) in [6, 6.07) is 104. The molecule has 16 aromatic rings. The maximum absolute atomic E-state index is 9.25. The Hall–Kier alpha value is -11.7. The molecule has 9 saturated carbocycles. The molecule has 0 radical (unpaired) electrons. The van der Waals surface area contributed by atoms with Crippen molar-refractivity contribution in [3.05, 3.63) is 337 Å². The van der Waals surface area contributed by atoms with Crippen molar-refractivity contribution in [2.75, 3.05) is 0 Å². The molecule has 2 aromatic heterocycles. The lowest BCUT2D eigenvalue weighted by Gasteiger charge is -2.61. The molecular weight excluding hydrogens is 1370 g/mol. The van der Waals surface area contributed by atoms with Gasteiger partial charge >= 0.3 is 0 Å². The van der Waals surface area contributed by atoms with Gasteiger partial charge in [-0.15, -0.1) is 0 Å². The highest BCUT2D eigenvalue weighted by molar-refractivity contribution is 6.23. The third-order valence-electron chi connectivity index (χ3n) is 30.4. The van der Waals surface area contributed by atoms with E-state index < -0.39 is 0 Å². The van der Waals surface area contributed by atoms with Crippen molar-refractivity contribution in [3.63, 3.8) is 0 Å². The topological polar surface area (TPSA) is 51.6 Å². The number of benzene rings is 14. The van der Waals surface area contributed by atoms with E-state index >= 15 is 0 Å². The van der Waals surface area contributed by atoms with Crippen LogP contribution in [0.1, 0.15) is 126 Å². The monoisotopic (exact) mass is 1450 g/mol. The van der Waals surface area contributed by atoms with Gasteiger partial charge in [-0.25, -0.2) is 19.9 Å². The molecule has 4 nitrogen and oxygen atoms in total. The van der Waals surface area contributed by atoms with E-state index in [4.69, 9.17) is 21.3 Å². The molecule has 8 bridgehead atoms. The van der Waals surface area contributed by atoms with Gasteiger partial charge in [0, 0.05) is 56.5 Å². The van der Waals surface area contributed by atoms with Gasteiger partial charge in [-0.2, -0.15) is 0 Å². The smallest absolute Gasteiger partial charge is 0.160 e. The molecule has 12 aliphatic rings. The predicted molar refractivity (Wildman–Crippen MR) is 463 cm³/mol. The van der Waals surface area contributed by atoms with E-state index in [0.29, 0.717) is 29.7 Å². The maximum atomic E-state index is 9.25. The number of rotatable bonds is 7. The summed E-state index contributed by atoms with van der Waals surface area (Å²) < 4.78 is 18.1. The molecule has 12 aliphatic carbocycles. The Morgan fingerprint density at radius 2 is 0.673 bits per heavy atom. The Bertz CT molecular complexity index is 6560. The normalized spacial score (nSPS) is 24.4. The van der Waals surface area contributed by atoms with E-state index in [1.807, 2.05) is 30.6 Å². The Morgan fingerprint density at radius 3 is 1.23 bits per heavy atom. The summed E-state index contributed by atoms with van der Waals surface area (Å²) in [6.45, 7) is 0. The van der Waals surface area contributed by atoms with Crippen LogP contribution in [0.3, 0.4) is 0 Å². The SMILES string of the molecule is [2H]c1ccc2c(c1)C1(c3cc([2H])cc(-c4cnc(-c5c6ccccc6c(-c6ccc7c(c6)C6(CCCC6)c6ccccc6-7)c6ccccc56)nc4)c3-2)C2CC3CC(C2)CC1C3.c1ccc(-c2cc(-c3c4ccccc4c(-c4ccc5c(c4)C4(c6ccccc6-5)C5CC6CC(C5)CC4C6)c4ccccc34)nc(-c3ccccc3)n2)cc1. The van der Waals surface area contributed by atoms with E-state index in [2.05, 4.69) is 261 Å². The second-order valence-corrected chi connectivity index (χ2v) is 35.5. The first-order valence-electron chi connectivity index (χ1n) is 43.2. The van der Waals surface area contributed by atoms with Gasteiger partial charge in [-0.1, -0.05) is 286 Å². The van der Waals surface area contributed by atoms with Gasteiger partial charge in [0.05, 0.1) is 14.1 Å². The largest absolute Gasteiger partial charge is 0.236 e. The van der Waals surface area contributed by atoms with Crippen molar-refractivity contribution in [2.24, 2.45) is 47.3 Å². The molecule has 9 fully saturated rings. The van der Waals surface area contributed by atoms with Crippen LogP contribution in [0.2, 0.25) is 0 Å². The van der Waals surface area contributed by atoms with Crippen LogP contribution in [0.4, 0.5) is 0 Å². The van der Waals surface area contributed by atoms with E-state index in [1.54, 1.807) is 11.1 Å². The fourth-order valence-electron chi connectivity index (χ4n) is 26.8. The lowest BCUT2D eigenvalue weighted by Crippen LogP contribution is -2.55. The van der Waals surface area contributed by atoms with Gasteiger partial charge in [-0.05, 0) is 280 Å². The fourth-order valence-corrected chi connectivity index (χ4v) is 26.8. The lowest BCUT2D eigenvalue weighted by molar-refractivity contribution is -0.0399. The summed E-state index contributed by atoms with van der Waals surface area (Å²) >= 11 is 0. The fraction of sp³-hybridized carbons (Fsp3) is 0.229. The molecular formula is C109H86N4. The molecule has 0 N–H and O–H groups in total. The van der Waals surface area contributed by atoms with E-state index in [1.165, 1.54) is 200 Å². The summed E-state index contributed by atoms with van der Waals surface area (Å²) in [5.74, 6) is 7.56. The van der Waals surface area contributed by atoms with E-state index in [0.717, 1.165) is 96.9 Å². The highest BCUT2D eigenvalue weighted by atomic mass is 14.9. The van der Waals surface area contributed by atoms with Crippen LogP contribution in [-0.4, -0.2) is 19.9 Å². The van der Waals surface area contributed by atoms with Gasteiger partial charge < -0.3 is 0 Å². The van der Waals surface area contributed by atoms with Gasteiger partial charge in [-0.3, -0.25) is 0 Å². The van der Waals surface area contributed by atoms with Crippen LogP contribution in [0.15, 0.2) is 304 Å². The molecule has 0 saturated heterocycles. The Kier molecular flexibility index (Phi) is 13.7. The second-order valence-electron chi connectivity index (χ2n) is 35.5. The standard InChI is InChI=1S/C57H46N2.C52H40N2/c1-3-15-45-43(13-1)52(36-22-23-42-41-12-5-7-19-48(41)56(51(42)31-36)24-9-10-25-56)44-14-2-4-16-46(44)54(45)55-58-32-37(33-59-55)40-18-11-21-50-53(40)47-17-6-8-20-49(47)57(50)38-27-34-26-35(29-38)30-39(57)28-34;1-3-13-34(14-4-1)47-31-48(54-51(53-47)35-15-5-2-6-16-35)50-43-20-9-7-18-41(43)49(42-19-8-10-21-44(42)50)36-23-24-40-39-17-11-12-22-45(39)52(46(40)30-36)37-26-32-25-33(28-37)29-38(52)27-32/h1-8,11-23,31-35,38-39H,9-10,24-30H2;1-24,30-33,37-38H,25-29H2/i8D,11D;. The molecule has 28 rings (SSSR count). The first-order valence-corrected chi connectivity index (χ1v) is 42.2. The van der Waals surface area contributed by atoms with Crippen LogP contribution < -0.4 is 0 Å². The number of nitrogens with zero attached hydrogens (tertiary/aromatic N) is 4. The molecule has 0 aliphatic heterocycles. The zero-order valence-corrected chi connectivity index (χ0v) is 63.5. The molecule has 3 spiro atoms.